The summed E-state index contributed by atoms with van der Waals surface area (Å²) < 4.78 is 0. The molecule has 2 aliphatic rings. The van der Waals surface area contributed by atoms with Crippen molar-refractivity contribution in [2.75, 3.05) is 19.6 Å². The maximum Gasteiger partial charge on any atom is 0.0323 e. The minimum Gasteiger partial charge on any atom is -0.315 e. The molecule has 3 rings (SSSR count). The first-order valence-electron chi connectivity index (χ1n) is 6.37. The molecule has 3 unspecified atom stereocenters. The SMILES string of the molecule is CC(c1ccccc1)N1CCC2CNCC21. The van der Waals surface area contributed by atoms with Crippen LogP contribution in [0.1, 0.15) is 24.9 Å². The first-order valence-corrected chi connectivity index (χ1v) is 6.37. The first kappa shape index (κ1) is 10.3. The zero-order valence-electron chi connectivity index (χ0n) is 9.89. The molecule has 16 heavy (non-hydrogen) atoms. The van der Waals surface area contributed by atoms with Gasteiger partial charge in [-0.1, -0.05) is 30.3 Å². The van der Waals surface area contributed by atoms with Crippen LogP contribution in [-0.4, -0.2) is 30.6 Å². The van der Waals surface area contributed by atoms with E-state index in [2.05, 4.69) is 47.5 Å². The van der Waals surface area contributed by atoms with E-state index in [0.29, 0.717) is 6.04 Å². The molecule has 2 heteroatoms. The summed E-state index contributed by atoms with van der Waals surface area (Å²) in [5.74, 6) is 0.895. The topological polar surface area (TPSA) is 15.3 Å². The number of benzene rings is 1. The minimum absolute atomic E-state index is 0.566. The zero-order valence-corrected chi connectivity index (χ0v) is 9.89. The predicted molar refractivity (Wildman–Crippen MR) is 66.3 cm³/mol. The van der Waals surface area contributed by atoms with Crippen LogP contribution < -0.4 is 5.32 Å². The summed E-state index contributed by atoms with van der Waals surface area (Å²) >= 11 is 0. The Bertz CT molecular complexity index is 349. The lowest BCUT2D eigenvalue weighted by atomic mass is 10.0. The van der Waals surface area contributed by atoms with E-state index in [1.165, 1.54) is 31.6 Å². The lowest BCUT2D eigenvalue weighted by Crippen LogP contribution is -2.36. The second-order valence-corrected chi connectivity index (χ2v) is 5.10. The Labute approximate surface area is 97.6 Å². The van der Waals surface area contributed by atoms with Crippen molar-refractivity contribution in [1.82, 2.24) is 10.2 Å². The Balaban J connectivity index is 1.78. The summed E-state index contributed by atoms with van der Waals surface area (Å²) in [5, 5.41) is 3.52. The molecule has 0 spiro atoms. The van der Waals surface area contributed by atoms with Crippen molar-refractivity contribution in [1.29, 1.82) is 0 Å². The Hall–Kier alpha value is -0.860. The molecule has 2 heterocycles. The Kier molecular flexibility index (Phi) is 2.70. The van der Waals surface area contributed by atoms with E-state index in [1.807, 2.05) is 0 Å². The second-order valence-electron chi connectivity index (χ2n) is 5.10. The fraction of sp³-hybridized carbons (Fsp3) is 0.571. The molecule has 0 bridgehead atoms. The van der Waals surface area contributed by atoms with E-state index in [4.69, 9.17) is 0 Å². The molecule has 2 nitrogen and oxygen atoms in total. The number of nitrogens with zero attached hydrogens (tertiary/aromatic N) is 1. The summed E-state index contributed by atoms with van der Waals surface area (Å²) in [6.45, 7) is 6.02. The summed E-state index contributed by atoms with van der Waals surface area (Å²) in [7, 11) is 0. The van der Waals surface area contributed by atoms with Gasteiger partial charge in [0.05, 0.1) is 0 Å². The molecule has 0 aromatic heterocycles. The number of fused-ring (bicyclic) bond motifs is 1. The quantitative estimate of drug-likeness (QED) is 0.814. The van der Waals surface area contributed by atoms with Gasteiger partial charge in [0.15, 0.2) is 0 Å². The van der Waals surface area contributed by atoms with E-state index in [1.54, 1.807) is 0 Å². The fourth-order valence-corrected chi connectivity index (χ4v) is 3.29. The summed E-state index contributed by atoms with van der Waals surface area (Å²) in [4.78, 5) is 2.68. The number of hydrogen-bond donors (Lipinski definition) is 1. The highest BCUT2D eigenvalue weighted by Gasteiger charge is 2.39. The van der Waals surface area contributed by atoms with Crippen LogP contribution in [0.3, 0.4) is 0 Å². The van der Waals surface area contributed by atoms with Crippen LogP contribution in [0.2, 0.25) is 0 Å². The van der Waals surface area contributed by atoms with Gasteiger partial charge in [-0.05, 0) is 37.9 Å². The van der Waals surface area contributed by atoms with Crippen LogP contribution in [0.15, 0.2) is 30.3 Å². The number of hydrogen-bond acceptors (Lipinski definition) is 2. The van der Waals surface area contributed by atoms with E-state index in [9.17, 15) is 0 Å². The molecule has 2 fully saturated rings. The third-order valence-electron chi connectivity index (χ3n) is 4.27. The highest BCUT2D eigenvalue weighted by atomic mass is 15.2. The number of rotatable bonds is 2. The predicted octanol–water partition coefficient (Wildman–Crippen LogP) is 2.04. The lowest BCUT2D eigenvalue weighted by molar-refractivity contribution is 0.192. The largest absolute Gasteiger partial charge is 0.315 e. The molecular formula is C14H20N2. The van der Waals surface area contributed by atoms with Crippen molar-refractivity contribution < 1.29 is 0 Å². The van der Waals surface area contributed by atoms with Crippen molar-refractivity contribution in [2.45, 2.75) is 25.4 Å². The number of likely N-dealkylation sites (tertiary alicyclic amines) is 1. The molecule has 2 saturated heterocycles. The average molecular weight is 216 g/mol. The van der Waals surface area contributed by atoms with Crippen molar-refractivity contribution in [3.8, 4) is 0 Å². The van der Waals surface area contributed by atoms with Gasteiger partial charge >= 0.3 is 0 Å². The standard InChI is InChI=1S/C14H20N2/c1-11(12-5-3-2-4-6-12)16-8-7-13-9-15-10-14(13)16/h2-6,11,13-15H,7-10H2,1H3. The van der Waals surface area contributed by atoms with Crippen LogP contribution in [0.5, 0.6) is 0 Å². The molecule has 0 saturated carbocycles. The normalized spacial score (nSPS) is 31.6. The monoisotopic (exact) mass is 216 g/mol. The molecular weight excluding hydrogens is 196 g/mol. The van der Waals surface area contributed by atoms with Crippen LogP contribution >= 0.6 is 0 Å². The summed E-state index contributed by atoms with van der Waals surface area (Å²) in [6, 6.07) is 12.2. The van der Waals surface area contributed by atoms with Crippen molar-refractivity contribution in [3.63, 3.8) is 0 Å². The van der Waals surface area contributed by atoms with Gasteiger partial charge in [0.2, 0.25) is 0 Å². The van der Waals surface area contributed by atoms with E-state index < -0.39 is 0 Å². The van der Waals surface area contributed by atoms with E-state index >= 15 is 0 Å². The average Bonchev–Trinajstić information content (AvgIpc) is 2.91. The third kappa shape index (κ3) is 1.66. The van der Waals surface area contributed by atoms with Gasteiger partial charge in [-0.3, -0.25) is 4.90 Å². The van der Waals surface area contributed by atoms with Gasteiger partial charge < -0.3 is 5.32 Å². The summed E-state index contributed by atoms with van der Waals surface area (Å²) in [6.07, 6.45) is 1.37. The van der Waals surface area contributed by atoms with Crippen LogP contribution in [0.25, 0.3) is 0 Å². The van der Waals surface area contributed by atoms with Crippen LogP contribution in [-0.2, 0) is 0 Å². The third-order valence-corrected chi connectivity index (χ3v) is 4.27. The first-order chi connectivity index (χ1) is 7.86. The fourth-order valence-electron chi connectivity index (χ4n) is 3.29. The summed E-state index contributed by atoms with van der Waals surface area (Å²) in [5.41, 5.74) is 1.45. The molecule has 2 aliphatic heterocycles. The van der Waals surface area contributed by atoms with Gasteiger partial charge in [0.25, 0.3) is 0 Å². The Morgan fingerprint density at radius 2 is 2.06 bits per heavy atom. The molecule has 3 atom stereocenters. The van der Waals surface area contributed by atoms with Gasteiger partial charge in [0.1, 0.15) is 0 Å². The number of nitrogens with one attached hydrogen (secondary N) is 1. The Morgan fingerprint density at radius 1 is 1.25 bits per heavy atom. The molecule has 1 aromatic rings. The van der Waals surface area contributed by atoms with Gasteiger partial charge in [0, 0.05) is 18.6 Å². The smallest absolute Gasteiger partial charge is 0.0323 e. The molecule has 1 aromatic carbocycles. The lowest BCUT2D eigenvalue weighted by Gasteiger charge is -2.30. The maximum absolute atomic E-state index is 3.52. The van der Waals surface area contributed by atoms with E-state index in [-0.39, 0.29) is 0 Å². The molecule has 0 aliphatic carbocycles. The van der Waals surface area contributed by atoms with Crippen LogP contribution in [0.4, 0.5) is 0 Å². The molecule has 1 N–H and O–H groups in total. The second kappa shape index (κ2) is 4.19. The van der Waals surface area contributed by atoms with Crippen LogP contribution in [0, 0.1) is 5.92 Å². The van der Waals surface area contributed by atoms with Gasteiger partial charge in [-0.2, -0.15) is 0 Å². The van der Waals surface area contributed by atoms with E-state index in [0.717, 1.165) is 12.0 Å². The van der Waals surface area contributed by atoms with Crippen molar-refractivity contribution in [3.05, 3.63) is 35.9 Å². The van der Waals surface area contributed by atoms with Gasteiger partial charge in [-0.15, -0.1) is 0 Å². The Morgan fingerprint density at radius 3 is 2.88 bits per heavy atom. The molecule has 0 radical (unpaired) electrons. The maximum atomic E-state index is 3.52. The van der Waals surface area contributed by atoms with Gasteiger partial charge in [-0.25, -0.2) is 0 Å². The van der Waals surface area contributed by atoms with Crippen molar-refractivity contribution in [2.24, 2.45) is 5.92 Å². The zero-order chi connectivity index (χ0) is 11.0. The highest BCUT2D eigenvalue weighted by molar-refractivity contribution is 5.19. The van der Waals surface area contributed by atoms with Crippen molar-refractivity contribution >= 4 is 0 Å². The molecule has 86 valence electrons. The molecule has 0 amide bonds. The minimum atomic E-state index is 0.566. The highest BCUT2D eigenvalue weighted by Crippen LogP contribution is 2.34.